The molecule has 2 amide bonds. The maximum absolute atomic E-state index is 14.1. The van der Waals surface area contributed by atoms with Gasteiger partial charge in [-0.2, -0.15) is 0 Å². The highest BCUT2D eigenvalue weighted by Crippen LogP contribution is 2.30. The van der Waals surface area contributed by atoms with Gasteiger partial charge in [0, 0.05) is 35.8 Å². The van der Waals surface area contributed by atoms with Crippen molar-refractivity contribution in [2.24, 2.45) is 5.92 Å². The lowest BCUT2D eigenvalue weighted by Gasteiger charge is -2.23. The van der Waals surface area contributed by atoms with Crippen LogP contribution in [0.25, 0.3) is 0 Å². The molecular weight excluding hydrogens is 359 g/mol. The minimum Gasteiger partial charge on any atom is -0.480 e. The minimum atomic E-state index is -0.621. The summed E-state index contributed by atoms with van der Waals surface area (Å²) in [7, 11) is 0. The summed E-state index contributed by atoms with van der Waals surface area (Å²) in [6, 6.07) is 11.8. The second-order valence-electron chi connectivity index (χ2n) is 7.27. The van der Waals surface area contributed by atoms with Gasteiger partial charge in [0.15, 0.2) is 6.10 Å². The number of carbonyl (C=O) groups excluding carboxylic acids is 2. The van der Waals surface area contributed by atoms with Gasteiger partial charge in [-0.05, 0) is 30.7 Å². The molecule has 0 radical (unpaired) electrons. The SMILES string of the molecule is CC[C@@H]1Oc2ccc(NC(=O)C(C)C)cc2CN(Cc2ccccc2F)C1=O. The first kappa shape index (κ1) is 19.9. The Kier molecular flexibility index (Phi) is 5.97. The molecule has 0 saturated carbocycles. The van der Waals surface area contributed by atoms with Crippen LogP contribution in [0.4, 0.5) is 10.1 Å². The maximum Gasteiger partial charge on any atom is 0.264 e. The van der Waals surface area contributed by atoms with Crippen molar-refractivity contribution in [3.8, 4) is 5.75 Å². The largest absolute Gasteiger partial charge is 0.480 e. The Labute approximate surface area is 164 Å². The number of rotatable bonds is 5. The fourth-order valence-corrected chi connectivity index (χ4v) is 3.10. The molecule has 1 heterocycles. The third kappa shape index (κ3) is 4.32. The van der Waals surface area contributed by atoms with E-state index in [1.807, 2.05) is 26.8 Å². The number of nitrogens with zero attached hydrogens (tertiary/aromatic N) is 1. The molecule has 0 fully saturated rings. The number of benzene rings is 2. The average molecular weight is 384 g/mol. The molecule has 0 aromatic heterocycles. The Morgan fingerprint density at radius 1 is 1.29 bits per heavy atom. The molecule has 5 nitrogen and oxygen atoms in total. The van der Waals surface area contributed by atoms with E-state index in [-0.39, 0.29) is 36.6 Å². The highest BCUT2D eigenvalue weighted by atomic mass is 19.1. The molecule has 1 N–H and O–H groups in total. The summed E-state index contributed by atoms with van der Waals surface area (Å²) in [5, 5.41) is 2.86. The zero-order valence-corrected chi connectivity index (χ0v) is 16.4. The second kappa shape index (κ2) is 8.42. The number of fused-ring (bicyclic) bond motifs is 1. The van der Waals surface area contributed by atoms with Crippen molar-refractivity contribution in [1.82, 2.24) is 4.90 Å². The molecule has 0 spiro atoms. The van der Waals surface area contributed by atoms with E-state index in [1.165, 1.54) is 6.07 Å². The monoisotopic (exact) mass is 384 g/mol. The van der Waals surface area contributed by atoms with Gasteiger partial charge in [0.25, 0.3) is 5.91 Å². The van der Waals surface area contributed by atoms with Crippen molar-refractivity contribution in [2.45, 2.75) is 46.4 Å². The molecular formula is C22H25FN2O3. The summed E-state index contributed by atoms with van der Waals surface area (Å²) in [4.78, 5) is 26.5. The van der Waals surface area contributed by atoms with Crippen LogP contribution in [0.5, 0.6) is 5.75 Å². The summed E-state index contributed by atoms with van der Waals surface area (Å²) in [5.41, 5.74) is 1.88. The van der Waals surface area contributed by atoms with Crippen molar-refractivity contribution in [3.05, 3.63) is 59.4 Å². The lowest BCUT2D eigenvalue weighted by molar-refractivity contribution is -0.139. The van der Waals surface area contributed by atoms with Gasteiger partial charge in [-0.15, -0.1) is 0 Å². The standard InChI is InChI=1S/C22H25FN2O3/c1-4-19-22(27)25(12-15-7-5-6-8-18(15)23)13-16-11-17(9-10-20(16)28-19)24-21(26)14(2)3/h5-11,14,19H,4,12-13H2,1-3H3,(H,24,26)/t19-/m0/s1. The number of ether oxygens (including phenoxy) is 1. The Hall–Kier alpha value is -2.89. The molecule has 148 valence electrons. The fourth-order valence-electron chi connectivity index (χ4n) is 3.10. The number of anilines is 1. The Balaban J connectivity index is 1.90. The third-order valence-electron chi connectivity index (χ3n) is 4.76. The molecule has 1 aliphatic heterocycles. The first-order valence-electron chi connectivity index (χ1n) is 9.51. The van der Waals surface area contributed by atoms with E-state index in [9.17, 15) is 14.0 Å². The van der Waals surface area contributed by atoms with E-state index in [2.05, 4.69) is 5.32 Å². The van der Waals surface area contributed by atoms with Crippen LogP contribution in [0.1, 0.15) is 38.3 Å². The Bertz CT molecular complexity index is 882. The second-order valence-corrected chi connectivity index (χ2v) is 7.27. The molecule has 0 saturated heterocycles. The smallest absolute Gasteiger partial charge is 0.264 e. The van der Waals surface area contributed by atoms with Crippen LogP contribution in [0.2, 0.25) is 0 Å². The maximum atomic E-state index is 14.1. The first-order chi connectivity index (χ1) is 13.4. The number of hydrogen-bond donors (Lipinski definition) is 1. The van der Waals surface area contributed by atoms with Crippen molar-refractivity contribution < 1.29 is 18.7 Å². The van der Waals surface area contributed by atoms with E-state index in [0.29, 0.717) is 23.4 Å². The molecule has 28 heavy (non-hydrogen) atoms. The van der Waals surface area contributed by atoms with Gasteiger partial charge in [0.2, 0.25) is 5.91 Å². The van der Waals surface area contributed by atoms with Crippen LogP contribution in [0, 0.1) is 11.7 Å². The summed E-state index contributed by atoms with van der Waals surface area (Å²) in [5.74, 6) is -0.126. The highest BCUT2D eigenvalue weighted by Gasteiger charge is 2.30. The molecule has 2 aromatic carbocycles. The zero-order valence-electron chi connectivity index (χ0n) is 16.4. The minimum absolute atomic E-state index is 0.0831. The molecule has 2 aromatic rings. The molecule has 0 bridgehead atoms. The normalized spacial score (nSPS) is 16.4. The first-order valence-corrected chi connectivity index (χ1v) is 9.51. The lowest BCUT2D eigenvalue weighted by atomic mass is 10.1. The van der Waals surface area contributed by atoms with Crippen molar-refractivity contribution in [3.63, 3.8) is 0 Å². The van der Waals surface area contributed by atoms with Crippen LogP contribution in [0.15, 0.2) is 42.5 Å². The number of hydrogen-bond acceptors (Lipinski definition) is 3. The molecule has 0 unspecified atom stereocenters. The van der Waals surface area contributed by atoms with E-state index >= 15 is 0 Å². The van der Waals surface area contributed by atoms with Gasteiger partial charge >= 0.3 is 0 Å². The van der Waals surface area contributed by atoms with Gasteiger partial charge in [0.1, 0.15) is 11.6 Å². The number of carbonyl (C=O) groups is 2. The van der Waals surface area contributed by atoms with E-state index in [1.54, 1.807) is 35.2 Å². The van der Waals surface area contributed by atoms with Crippen LogP contribution in [-0.2, 0) is 22.7 Å². The number of halogens is 1. The lowest BCUT2D eigenvalue weighted by Crippen LogP contribution is -2.39. The summed E-state index contributed by atoms with van der Waals surface area (Å²) >= 11 is 0. The van der Waals surface area contributed by atoms with Crippen molar-refractivity contribution >= 4 is 17.5 Å². The molecule has 0 aliphatic carbocycles. The van der Waals surface area contributed by atoms with Crippen molar-refractivity contribution in [2.75, 3.05) is 5.32 Å². The Morgan fingerprint density at radius 2 is 2.04 bits per heavy atom. The quantitative estimate of drug-likeness (QED) is 0.844. The zero-order chi connectivity index (χ0) is 20.3. The van der Waals surface area contributed by atoms with Crippen LogP contribution < -0.4 is 10.1 Å². The van der Waals surface area contributed by atoms with E-state index in [4.69, 9.17) is 4.74 Å². The van der Waals surface area contributed by atoms with Gasteiger partial charge in [-0.25, -0.2) is 4.39 Å². The Morgan fingerprint density at radius 3 is 2.71 bits per heavy atom. The predicted molar refractivity (Wildman–Crippen MR) is 105 cm³/mol. The molecule has 1 atom stereocenters. The predicted octanol–water partition coefficient (Wildman–Crippen LogP) is 4.12. The van der Waals surface area contributed by atoms with Gasteiger partial charge in [0.05, 0.1) is 0 Å². The summed E-state index contributed by atoms with van der Waals surface area (Å²) < 4.78 is 20.0. The topological polar surface area (TPSA) is 58.6 Å². The molecule has 3 rings (SSSR count). The van der Waals surface area contributed by atoms with Gasteiger partial charge < -0.3 is 15.0 Å². The van der Waals surface area contributed by atoms with Crippen molar-refractivity contribution in [1.29, 1.82) is 0 Å². The molecule has 1 aliphatic rings. The van der Waals surface area contributed by atoms with E-state index < -0.39 is 6.10 Å². The average Bonchev–Trinajstić information content (AvgIpc) is 2.80. The van der Waals surface area contributed by atoms with E-state index in [0.717, 1.165) is 5.56 Å². The third-order valence-corrected chi connectivity index (χ3v) is 4.76. The van der Waals surface area contributed by atoms with Crippen LogP contribution >= 0.6 is 0 Å². The van der Waals surface area contributed by atoms with Gasteiger partial charge in [-0.3, -0.25) is 9.59 Å². The van der Waals surface area contributed by atoms with Crippen LogP contribution in [-0.4, -0.2) is 22.8 Å². The highest BCUT2D eigenvalue weighted by molar-refractivity contribution is 5.92. The summed E-state index contributed by atoms with van der Waals surface area (Å²) in [6.07, 6.45) is -0.109. The fraction of sp³-hybridized carbons (Fsp3) is 0.364. The number of nitrogens with one attached hydrogen (secondary N) is 1. The van der Waals surface area contributed by atoms with Gasteiger partial charge in [-0.1, -0.05) is 39.0 Å². The summed E-state index contributed by atoms with van der Waals surface area (Å²) in [6.45, 7) is 5.97. The van der Waals surface area contributed by atoms with Crippen LogP contribution in [0.3, 0.4) is 0 Å². The number of amides is 2. The molecule has 6 heteroatoms.